The number of halogens is 1. The highest BCUT2D eigenvalue weighted by Gasteiger charge is 2.21. The topological polar surface area (TPSA) is 55.4 Å². The van der Waals surface area contributed by atoms with Gasteiger partial charge in [0.2, 0.25) is 5.91 Å². The first-order chi connectivity index (χ1) is 9.16. The summed E-state index contributed by atoms with van der Waals surface area (Å²) in [5.41, 5.74) is 0.509. The number of carbonyl (C=O) groups is 2. The molecule has 0 spiro atoms. The molecule has 0 saturated heterocycles. The summed E-state index contributed by atoms with van der Waals surface area (Å²) >= 11 is 0. The van der Waals surface area contributed by atoms with Gasteiger partial charge in [-0.3, -0.25) is 4.79 Å². The van der Waals surface area contributed by atoms with Crippen molar-refractivity contribution in [2.75, 3.05) is 7.11 Å². The Labute approximate surface area is 118 Å². The van der Waals surface area contributed by atoms with Crippen molar-refractivity contribution < 1.29 is 18.7 Å². The average molecular weight is 281 g/mol. The molecule has 5 heteroatoms. The van der Waals surface area contributed by atoms with Crippen LogP contribution in [0.25, 0.3) is 0 Å². The Kier molecular flexibility index (Phi) is 4.87. The van der Waals surface area contributed by atoms with E-state index in [0.717, 1.165) is 0 Å². The lowest BCUT2D eigenvalue weighted by molar-refractivity contribution is -0.128. The van der Waals surface area contributed by atoms with E-state index in [9.17, 15) is 14.0 Å². The zero-order valence-electron chi connectivity index (χ0n) is 12.5. The van der Waals surface area contributed by atoms with Gasteiger partial charge in [0.05, 0.1) is 12.7 Å². The monoisotopic (exact) mass is 281 g/mol. The molecule has 1 rings (SSSR count). The van der Waals surface area contributed by atoms with Crippen LogP contribution >= 0.6 is 0 Å². The quantitative estimate of drug-likeness (QED) is 0.866. The molecule has 1 amide bonds. The molecule has 0 unspecified atom stereocenters. The number of amides is 1. The summed E-state index contributed by atoms with van der Waals surface area (Å²) in [7, 11) is 1.27. The van der Waals surface area contributed by atoms with Crippen LogP contribution in [0.2, 0.25) is 0 Å². The number of rotatable bonds is 3. The zero-order chi connectivity index (χ0) is 15.5. The Bertz CT molecular complexity index is 533. The van der Waals surface area contributed by atoms with Crippen LogP contribution in [0.5, 0.6) is 0 Å². The third kappa shape index (κ3) is 3.79. The number of aryl methyl sites for hydroxylation is 1. The van der Waals surface area contributed by atoms with Gasteiger partial charge >= 0.3 is 5.97 Å². The number of hydrogen-bond donors (Lipinski definition) is 1. The first kappa shape index (κ1) is 16.1. The molecule has 1 aromatic rings. The van der Waals surface area contributed by atoms with E-state index >= 15 is 0 Å². The molecule has 20 heavy (non-hydrogen) atoms. The second-order valence-corrected chi connectivity index (χ2v) is 5.68. The molecule has 0 saturated carbocycles. The van der Waals surface area contributed by atoms with Crippen molar-refractivity contribution in [3.63, 3.8) is 0 Å². The van der Waals surface area contributed by atoms with Crippen LogP contribution < -0.4 is 5.32 Å². The molecule has 0 radical (unpaired) electrons. The predicted molar refractivity (Wildman–Crippen MR) is 73.8 cm³/mol. The van der Waals surface area contributed by atoms with E-state index in [-0.39, 0.29) is 18.0 Å². The number of ether oxygens (including phenoxy) is 1. The molecule has 0 bridgehead atoms. The smallest absolute Gasteiger partial charge is 0.338 e. The van der Waals surface area contributed by atoms with E-state index in [0.29, 0.717) is 11.1 Å². The Balaban J connectivity index is 2.96. The maximum Gasteiger partial charge on any atom is 0.338 e. The minimum Gasteiger partial charge on any atom is -0.465 e. The van der Waals surface area contributed by atoms with Crippen molar-refractivity contribution in [3.8, 4) is 0 Å². The van der Waals surface area contributed by atoms with Gasteiger partial charge in [0.25, 0.3) is 0 Å². The summed E-state index contributed by atoms with van der Waals surface area (Å²) < 4.78 is 18.5. The Hall–Kier alpha value is -1.91. The van der Waals surface area contributed by atoms with E-state index in [2.05, 4.69) is 10.1 Å². The SMILES string of the molecule is COC(=O)c1cc(CNC(=O)C(C)(C)C)c(F)cc1C. The largest absolute Gasteiger partial charge is 0.465 e. The molecule has 110 valence electrons. The minimum atomic E-state index is -0.549. The standard InChI is InChI=1S/C15H20FNO3/c1-9-6-12(16)10(7-11(9)13(18)20-5)8-17-14(19)15(2,3)4/h6-7H,8H2,1-5H3,(H,17,19). The zero-order valence-corrected chi connectivity index (χ0v) is 12.5. The Morgan fingerprint density at radius 1 is 1.30 bits per heavy atom. The van der Waals surface area contributed by atoms with Crippen LogP contribution in [-0.2, 0) is 16.1 Å². The minimum absolute atomic E-state index is 0.0339. The summed E-state index contributed by atoms with van der Waals surface area (Å²) in [6.07, 6.45) is 0. The number of hydrogen-bond acceptors (Lipinski definition) is 3. The number of benzene rings is 1. The molecule has 1 aromatic carbocycles. The van der Waals surface area contributed by atoms with Crippen LogP contribution in [0, 0.1) is 18.2 Å². The Morgan fingerprint density at radius 2 is 1.90 bits per heavy atom. The van der Waals surface area contributed by atoms with Crippen LogP contribution in [-0.4, -0.2) is 19.0 Å². The number of methoxy groups -OCH3 is 1. The van der Waals surface area contributed by atoms with Gasteiger partial charge in [-0.1, -0.05) is 20.8 Å². The van der Waals surface area contributed by atoms with Crippen molar-refractivity contribution >= 4 is 11.9 Å². The molecule has 0 aliphatic rings. The molecular formula is C15H20FNO3. The molecule has 4 nitrogen and oxygen atoms in total. The van der Waals surface area contributed by atoms with Gasteiger partial charge < -0.3 is 10.1 Å². The third-order valence-electron chi connectivity index (χ3n) is 2.92. The van der Waals surface area contributed by atoms with Gasteiger partial charge in [-0.15, -0.1) is 0 Å². The summed E-state index contributed by atoms with van der Waals surface area (Å²) in [5.74, 6) is -1.16. The summed E-state index contributed by atoms with van der Waals surface area (Å²) in [6, 6.07) is 2.68. The first-order valence-corrected chi connectivity index (χ1v) is 6.32. The molecule has 0 aliphatic carbocycles. The van der Waals surface area contributed by atoms with E-state index in [1.165, 1.54) is 19.2 Å². The average Bonchev–Trinajstić information content (AvgIpc) is 2.35. The molecule has 0 heterocycles. The summed E-state index contributed by atoms with van der Waals surface area (Å²) in [4.78, 5) is 23.3. The van der Waals surface area contributed by atoms with Crippen molar-refractivity contribution in [2.24, 2.45) is 5.41 Å². The van der Waals surface area contributed by atoms with Gasteiger partial charge in [0.15, 0.2) is 0 Å². The summed E-state index contributed by atoms with van der Waals surface area (Å²) in [5, 5.41) is 2.65. The third-order valence-corrected chi connectivity index (χ3v) is 2.92. The van der Waals surface area contributed by atoms with Crippen LogP contribution in [0.15, 0.2) is 12.1 Å². The number of esters is 1. The van der Waals surface area contributed by atoms with Gasteiger partial charge in [-0.25, -0.2) is 9.18 Å². The highest BCUT2D eigenvalue weighted by molar-refractivity contribution is 5.91. The van der Waals surface area contributed by atoms with Crippen LogP contribution in [0.4, 0.5) is 4.39 Å². The molecule has 0 atom stereocenters. The first-order valence-electron chi connectivity index (χ1n) is 6.32. The highest BCUT2D eigenvalue weighted by atomic mass is 19.1. The van der Waals surface area contributed by atoms with Gasteiger partial charge in [-0.05, 0) is 24.6 Å². The normalized spacial score (nSPS) is 11.1. The van der Waals surface area contributed by atoms with Crippen molar-refractivity contribution in [2.45, 2.75) is 34.2 Å². The molecule has 0 fully saturated rings. The lowest BCUT2D eigenvalue weighted by atomic mass is 9.95. The number of nitrogens with one attached hydrogen (secondary N) is 1. The fourth-order valence-electron chi connectivity index (χ4n) is 1.62. The second-order valence-electron chi connectivity index (χ2n) is 5.68. The van der Waals surface area contributed by atoms with Crippen LogP contribution in [0.1, 0.15) is 42.3 Å². The number of carbonyl (C=O) groups excluding carboxylic acids is 2. The maximum atomic E-state index is 13.8. The fraction of sp³-hybridized carbons (Fsp3) is 0.467. The van der Waals surface area contributed by atoms with E-state index < -0.39 is 17.2 Å². The van der Waals surface area contributed by atoms with E-state index in [4.69, 9.17) is 0 Å². The predicted octanol–water partition coefficient (Wildman–Crippen LogP) is 2.58. The molecule has 0 aromatic heterocycles. The van der Waals surface area contributed by atoms with E-state index in [1.54, 1.807) is 27.7 Å². The lowest BCUT2D eigenvalue weighted by Gasteiger charge is -2.18. The lowest BCUT2D eigenvalue weighted by Crippen LogP contribution is -2.34. The molecule has 1 N–H and O–H groups in total. The van der Waals surface area contributed by atoms with Gasteiger partial charge in [0, 0.05) is 17.5 Å². The maximum absolute atomic E-state index is 13.8. The molecular weight excluding hydrogens is 261 g/mol. The highest BCUT2D eigenvalue weighted by Crippen LogP contribution is 2.18. The van der Waals surface area contributed by atoms with Crippen molar-refractivity contribution in [3.05, 3.63) is 34.6 Å². The second kappa shape index (κ2) is 6.03. The van der Waals surface area contributed by atoms with Crippen molar-refractivity contribution in [1.82, 2.24) is 5.32 Å². The van der Waals surface area contributed by atoms with E-state index in [1.807, 2.05) is 0 Å². The van der Waals surface area contributed by atoms with Crippen LogP contribution in [0.3, 0.4) is 0 Å². The van der Waals surface area contributed by atoms with Gasteiger partial charge in [0.1, 0.15) is 5.82 Å². The summed E-state index contributed by atoms with van der Waals surface area (Å²) in [6.45, 7) is 6.98. The van der Waals surface area contributed by atoms with Crippen molar-refractivity contribution in [1.29, 1.82) is 0 Å². The molecule has 0 aliphatic heterocycles. The Morgan fingerprint density at radius 3 is 2.40 bits per heavy atom. The fourth-order valence-corrected chi connectivity index (χ4v) is 1.62. The van der Waals surface area contributed by atoms with Gasteiger partial charge in [-0.2, -0.15) is 0 Å².